The minimum Gasteiger partial charge on any atom is -0.460 e. The van der Waals surface area contributed by atoms with Gasteiger partial charge in [-0.15, -0.1) is 0 Å². The van der Waals surface area contributed by atoms with Crippen LogP contribution in [0.1, 0.15) is 31.6 Å². The summed E-state index contributed by atoms with van der Waals surface area (Å²) in [6.45, 7) is 11.5. The Bertz CT molecular complexity index is 532. The van der Waals surface area contributed by atoms with Gasteiger partial charge in [-0.05, 0) is 38.6 Å². The molecule has 5 heteroatoms. The van der Waals surface area contributed by atoms with Gasteiger partial charge in [0, 0.05) is 25.2 Å². The Labute approximate surface area is 126 Å². The molecule has 0 saturated heterocycles. The normalized spacial score (nSPS) is 11.4. The molecule has 0 unspecified atom stereocenters. The number of nitrogens with one attached hydrogen (secondary N) is 2. The number of hydrogen-bond donors (Lipinski definition) is 2. The van der Waals surface area contributed by atoms with Crippen LogP contribution in [0.2, 0.25) is 0 Å². The molecular weight excluding hydrogens is 264 g/mol. The molecule has 2 heterocycles. The molecule has 0 aliphatic carbocycles. The summed E-state index contributed by atoms with van der Waals surface area (Å²) in [6.07, 6.45) is 3.07. The number of aromatic nitrogens is 2. The third-order valence-corrected chi connectivity index (χ3v) is 3.61. The van der Waals surface area contributed by atoms with Crippen molar-refractivity contribution >= 4 is 0 Å². The molecule has 0 radical (unpaired) electrons. The van der Waals surface area contributed by atoms with Crippen molar-refractivity contribution in [2.24, 2.45) is 0 Å². The van der Waals surface area contributed by atoms with E-state index in [0.29, 0.717) is 0 Å². The molecule has 116 valence electrons. The van der Waals surface area contributed by atoms with Crippen molar-refractivity contribution in [2.75, 3.05) is 26.2 Å². The quantitative estimate of drug-likeness (QED) is 0.697. The maximum Gasteiger partial charge on any atom is 0.152 e. The zero-order valence-corrected chi connectivity index (χ0v) is 13.3. The number of rotatable bonds is 9. The number of aromatic amines is 1. The topological polar surface area (TPSA) is 57.1 Å². The minimum absolute atomic E-state index is 0.801. The lowest BCUT2D eigenvalue weighted by molar-refractivity contribution is 0.287. The summed E-state index contributed by atoms with van der Waals surface area (Å²) in [5.41, 5.74) is 2.11. The van der Waals surface area contributed by atoms with Crippen LogP contribution in [0.15, 0.2) is 22.7 Å². The summed E-state index contributed by atoms with van der Waals surface area (Å²) >= 11 is 0. The van der Waals surface area contributed by atoms with Gasteiger partial charge in [0.25, 0.3) is 0 Å². The van der Waals surface area contributed by atoms with Gasteiger partial charge >= 0.3 is 0 Å². The number of H-pyrrole nitrogens is 1. The van der Waals surface area contributed by atoms with Crippen molar-refractivity contribution in [1.29, 1.82) is 0 Å². The molecule has 0 aliphatic heterocycles. The maximum atomic E-state index is 5.66. The highest BCUT2D eigenvalue weighted by atomic mass is 16.3. The molecule has 2 rings (SSSR count). The Hall–Kier alpha value is -1.59. The molecule has 0 saturated carbocycles. The average molecular weight is 290 g/mol. The molecule has 0 aromatic carbocycles. The van der Waals surface area contributed by atoms with Crippen LogP contribution in [0.5, 0.6) is 0 Å². The molecular formula is C16H26N4O. The predicted octanol–water partition coefficient (Wildman–Crippen LogP) is 2.80. The third kappa shape index (κ3) is 4.44. The first-order chi connectivity index (χ1) is 10.2. The van der Waals surface area contributed by atoms with E-state index >= 15 is 0 Å². The second kappa shape index (κ2) is 8.00. The van der Waals surface area contributed by atoms with Crippen LogP contribution in [0.25, 0.3) is 11.5 Å². The van der Waals surface area contributed by atoms with Crippen molar-refractivity contribution in [3.8, 4) is 11.5 Å². The third-order valence-electron chi connectivity index (χ3n) is 3.61. The lowest BCUT2D eigenvalue weighted by Crippen LogP contribution is -2.32. The smallest absolute Gasteiger partial charge is 0.152 e. The monoisotopic (exact) mass is 290 g/mol. The molecule has 2 N–H and O–H groups in total. The summed E-state index contributed by atoms with van der Waals surface area (Å²) in [6, 6.07) is 3.95. The average Bonchev–Trinajstić information content (AvgIpc) is 3.10. The van der Waals surface area contributed by atoms with Crippen LogP contribution in [-0.4, -0.2) is 41.3 Å². The van der Waals surface area contributed by atoms with Gasteiger partial charge in [0.1, 0.15) is 11.5 Å². The lowest BCUT2D eigenvalue weighted by Gasteiger charge is -2.19. The van der Waals surface area contributed by atoms with Crippen LogP contribution in [-0.2, 0) is 6.54 Å². The second-order valence-electron chi connectivity index (χ2n) is 5.29. The molecule has 0 aliphatic rings. The molecule has 2 aromatic rings. The van der Waals surface area contributed by atoms with Gasteiger partial charge in [-0.1, -0.05) is 13.8 Å². The lowest BCUT2D eigenvalue weighted by atomic mass is 10.2. The van der Waals surface area contributed by atoms with Gasteiger partial charge in [0.2, 0.25) is 0 Å². The first-order valence-electron chi connectivity index (χ1n) is 7.76. The van der Waals surface area contributed by atoms with Crippen molar-refractivity contribution in [1.82, 2.24) is 20.4 Å². The second-order valence-corrected chi connectivity index (χ2v) is 5.29. The van der Waals surface area contributed by atoms with Gasteiger partial charge in [-0.3, -0.25) is 5.10 Å². The number of aryl methyl sites for hydroxylation is 1. The maximum absolute atomic E-state index is 5.66. The van der Waals surface area contributed by atoms with E-state index in [1.807, 2.05) is 25.3 Å². The Morgan fingerprint density at radius 3 is 2.81 bits per heavy atom. The highest BCUT2D eigenvalue weighted by Gasteiger charge is 2.10. The van der Waals surface area contributed by atoms with E-state index in [4.69, 9.17) is 4.42 Å². The fraction of sp³-hybridized carbons (Fsp3) is 0.562. The van der Waals surface area contributed by atoms with Crippen molar-refractivity contribution < 1.29 is 4.42 Å². The molecule has 0 spiro atoms. The number of hydrogen-bond acceptors (Lipinski definition) is 4. The van der Waals surface area contributed by atoms with E-state index in [-0.39, 0.29) is 0 Å². The number of likely N-dealkylation sites (N-methyl/N-ethyl adjacent to an activating group) is 1. The van der Waals surface area contributed by atoms with E-state index < -0.39 is 0 Å². The van der Waals surface area contributed by atoms with Gasteiger partial charge in [0.05, 0.1) is 6.20 Å². The molecule has 0 atom stereocenters. The Kier molecular flexibility index (Phi) is 6.02. The van der Waals surface area contributed by atoms with Gasteiger partial charge in [-0.2, -0.15) is 5.10 Å². The summed E-state index contributed by atoms with van der Waals surface area (Å²) in [5.74, 6) is 1.76. The number of nitrogens with zero attached hydrogens (tertiary/aromatic N) is 2. The van der Waals surface area contributed by atoms with Crippen LogP contribution in [0.4, 0.5) is 0 Å². The van der Waals surface area contributed by atoms with E-state index in [1.165, 1.54) is 13.0 Å². The van der Waals surface area contributed by atoms with E-state index in [0.717, 1.165) is 49.0 Å². The van der Waals surface area contributed by atoms with Gasteiger partial charge in [0.15, 0.2) is 5.76 Å². The van der Waals surface area contributed by atoms with Crippen LogP contribution < -0.4 is 5.32 Å². The van der Waals surface area contributed by atoms with Gasteiger partial charge < -0.3 is 14.6 Å². The molecule has 2 aromatic heterocycles. The Balaban J connectivity index is 1.83. The van der Waals surface area contributed by atoms with Crippen LogP contribution in [0, 0.1) is 6.92 Å². The van der Waals surface area contributed by atoms with E-state index in [1.54, 1.807) is 0 Å². The zero-order valence-electron chi connectivity index (χ0n) is 13.3. The summed E-state index contributed by atoms with van der Waals surface area (Å²) in [7, 11) is 0. The highest BCUT2D eigenvalue weighted by Crippen LogP contribution is 2.23. The van der Waals surface area contributed by atoms with E-state index in [2.05, 4.69) is 34.3 Å². The molecule has 0 amide bonds. The summed E-state index contributed by atoms with van der Waals surface area (Å²) < 4.78 is 5.66. The molecule has 0 bridgehead atoms. The first kappa shape index (κ1) is 15.8. The van der Waals surface area contributed by atoms with Crippen LogP contribution in [0.3, 0.4) is 0 Å². The Morgan fingerprint density at radius 2 is 2.14 bits per heavy atom. The zero-order chi connectivity index (χ0) is 15.1. The van der Waals surface area contributed by atoms with Crippen molar-refractivity contribution in [3.05, 3.63) is 29.7 Å². The van der Waals surface area contributed by atoms with Crippen LogP contribution >= 0.6 is 0 Å². The summed E-state index contributed by atoms with van der Waals surface area (Å²) in [4.78, 5) is 2.46. The Morgan fingerprint density at radius 1 is 1.29 bits per heavy atom. The molecule has 5 nitrogen and oxygen atoms in total. The largest absolute Gasteiger partial charge is 0.460 e. The minimum atomic E-state index is 0.801. The standard InChI is InChI=1S/C16H26N4O/c1-4-9-20(5-2)10-8-17-11-14-12-18-19-16(14)15-7-6-13(3)21-15/h6-7,12,17H,4-5,8-11H2,1-3H3,(H,18,19). The summed E-state index contributed by atoms with van der Waals surface area (Å²) in [5, 5.41) is 10.6. The highest BCUT2D eigenvalue weighted by molar-refractivity contribution is 5.56. The predicted molar refractivity (Wildman–Crippen MR) is 85.1 cm³/mol. The van der Waals surface area contributed by atoms with Gasteiger partial charge in [-0.25, -0.2) is 0 Å². The fourth-order valence-corrected chi connectivity index (χ4v) is 2.43. The van der Waals surface area contributed by atoms with E-state index in [9.17, 15) is 0 Å². The SMILES string of the molecule is CCCN(CC)CCNCc1cn[nH]c1-c1ccc(C)o1. The molecule has 21 heavy (non-hydrogen) atoms. The fourth-order valence-electron chi connectivity index (χ4n) is 2.43. The molecule has 0 fully saturated rings. The first-order valence-corrected chi connectivity index (χ1v) is 7.76. The number of furan rings is 1. The van der Waals surface area contributed by atoms with Crippen molar-refractivity contribution in [3.63, 3.8) is 0 Å². The van der Waals surface area contributed by atoms with Crippen molar-refractivity contribution in [2.45, 2.75) is 33.7 Å².